The van der Waals surface area contributed by atoms with Gasteiger partial charge in [0.1, 0.15) is 0 Å². The van der Waals surface area contributed by atoms with Gasteiger partial charge in [-0.3, -0.25) is 4.79 Å². The molecular formula is C25H26Cl2O. The van der Waals surface area contributed by atoms with Gasteiger partial charge in [-0.25, -0.2) is 0 Å². The van der Waals surface area contributed by atoms with Crippen LogP contribution in [-0.4, -0.2) is 5.78 Å². The Morgan fingerprint density at radius 1 is 0.929 bits per heavy atom. The quantitative estimate of drug-likeness (QED) is 0.466. The van der Waals surface area contributed by atoms with Crippen molar-refractivity contribution in [2.75, 3.05) is 0 Å². The molecule has 0 bridgehead atoms. The largest absolute Gasteiger partial charge is 0.289 e. The van der Waals surface area contributed by atoms with Gasteiger partial charge in [0, 0.05) is 21.2 Å². The number of hydrogen-bond donors (Lipinski definition) is 0. The van der Waals surface area contributed by atoms with Crippen LogP contribution < -0.4 is 0 Å². The molecule has 2 aromatic rings. The number of hydrogen-bond acceptors (Lipinski definition) is 1. The molecule has 3 heteroatoms. The van der Waals surface area contributed by atoms with Crippen LogP contribution in [0.2, 0.25) is 10.0 Å². The predicted octanol–water partition coefficient (Wildman–Crippen LogP) is 7.88. The number of carbonyl (C=O) groups excluding carboxylic acids is 1. The Hall–Kier alpha value is -1.83. The minimum atomic E-state index is 0.128. The third-order valence-corrected chi connectivity index (χ3v) is 6.38. The third kappa shape index (κ3) is 4.96. The van der Waals surface area contributed by atoms with E-state index in [1.165, 1.54) is 0 Å². The van der Waals surface area contributed by atoms with Crippen molar-refractivity contribution in [1.29, 1.82) is 0 Å². The summed E-state index contributed by atoms with van der Waals surface area (Å²) in [6.07, 6.45) is 6.65. The highest BCUT2D eigenvalue weighted by Crippen LogP contribution is 2.44. The predicted molar refractivity (Wildman–Crippen MR) is 121 cm³/mol. The molecule has 0 amide bonds. The fourth-order valence-electron chi connectivity index (χ4n) is 3.68. The van der Waals surface area contributed by atoms with E-state index in [1.807, 2.05) is 60.7 Å². The van der Waals surface area contributed by atoms with Gasteiger partial charge in [-0.2, -0.15) is 0 Å². The number of rotatable bonds is 4. The van der Waals surface area contributed by atoms with Crippen molar-refractivity contribution in [1.82, 2.24) is 0 Å². The normalized spacial score (nSPS) is 20.8. The van der Waals surface area contributed by atoms with E-state index in [9.17, 15) is 4.79 Å². The van der Waals surface area contributed by atoms with E-state index < -0.39 is 0 Å². The first-order valence-corrected chi connectivity index (χ1v) is 10.5. The molecule has 0 aliphatic heterocycles. The van der Waals surface area contributed by atoms with Crippen LogP contribution in [0.1, 0.15) is 51.2 Å². The molecule has 28 heavy (non-hydrogen) atoms. The lowest BCUT2D eigenvalue weighted by Gasteiger charge is -2.37. The van der Waals surface area contributed by atoms with Crippen molar-refractivity contribution < 1.29 is 4.79 Å². The van der Waals surface area contributed by atoms with E-state index in [2.05, 4.69) is 20.8 Å². The van der Waals surface area contributed by atoms with Gasteiger partial charge in [0.25, 0.3) is 0 Å². The summed E-state index contributed by atoms with van der Waals surface area (Å²) in [6.45, 7) is 6.81. The molecule has 0 N–H and O–H groups in total. The van der Waals surface area contributed by atoms with E-state index in [0.29, 0.717) is 16.0 Å². The average Bonchev–Trinajstić information content (AvgIpc) is 2.65. The van der Waals surface area contributed by atoms with Crippen molar-refractivity contribution in [3.8, 4) is 0 Å². The molecule has 1 aliphatic carbocycles. The highest BCUT2D eigenvalue weighted by molar-refractivity contribution is 6.31. The van der Waals surface area contributed by atoms with Gasteiger partial charge in [-0.05, 0) is 71.7 Å². The van der Waals surface area contributed by atoms with Crippen LogP contribution in [0, 0.1) is 11.3 Å². The van der Waals surface area contributed by atoms with Gasteiger partial charge in [-0.15, -0.1) is 0 Å². The van der Waals surface area contributed by atoms with Crippen LogP contribution in [0.5, 0.6) is 0 Å². The van der Waals surface area contributed by atoms with Crippen molar-refractivity contribution in [3.63, 3.8) is 0 Å². The second-order valence-electron chi connectivity index (χ2n) is 8.23. The van der Waals surface area contributed by atoms with E-state index in [-0.39, 0.29) is 11.2 Å². The summed E-state index contributed by atoms with van der Waals surface area (Å²) in [5.74, 6) is 0.536. The molecule has 2 aromatic carbocycles. The molecule has 0 radical (unpaired) electrons. The first-order chi connectivity index (χ1) is 13.3. The third-order valence-electron chi connectivity index (χ3n) is 5.91. The lowest BCUT2D eigenvalue weighted by molar-refractivity contribution is -0.113. The lowest BCUT2D eigenvalue weighted by Crippen LogP contribution is -2.30. The first-order valence-electron chi connectivity index (χ1n) is 9.75. The van der Waals surface area contributed by atoms with Crippen molar-refractivity contribution in [2.24, 2.45) is 11.3 Å². The first kappa shape index (κ1) is 20.9. The molecule has 0 spiro atoms. The summed E-state index contributed by atoms with van der Waals surface area (Å²) in [7, 11) is 0. The summed E-state index contributed by atoms with van der Waals surface area (Å²) >= 11 is 12.3. The van der Waals surface area contributed by atoms with Gasteiger partial charge in [0.05, 0.1) is 0 Å². The van der Waals surface area contributed by atoms with Crippen molar-refractivity contribution in [3.05, 3.63) is 80.8 Å². The maximum Gasteiger partial charge on any atom is 0.185 e. The monoisotopic (exact) mass is 412 g/mol. The fourth-order valence-corrected chi connectivity index (χ4v) is 4.08. The van der Waals surface area contributed by atoms with Gasteiger partial charge in [0.2, 0.25) is 0 Å². The SMILES string of the molecule is CCC(C)(C)C1C/C(=C\c2cccc(Cl)c2)C(=O)/C(=C/c2cccc(Cl)c2)C1. The molecule has 0 atom stereocenters. The van der Waals surface area contributed by atoms with Crippen LogP contribution >= 0.6 is 23.2 Å². The molecule has 0 saturated heterocycles. The minimum Gasteiger partial charge on any atom is -0.289 e. The molecule has 1 nitrogen and oxygen atoms in total. The zero-order valence-electron chi connectivity index (χ0n) is 16.6. The maximum atomic E-state index is 13.3. The van der Waals surface area contributed by atoms with E-state index in [1.54, 1.807) is 0 Å². The van der Waals surface area contributed by atoms with Crippen LogP contribution in [0.15, 0.2) is 59.7 Å². The number of ketones is 1. The molecular weight excluding hydrogens is 387 g/mol. The van der Waals surface area contributed by atoms with Gasteiger partial charge < -0.3 is 0 Å². The van der Waals surface area contributed by atoms with Crippen molar-refractivity contribution >= 4 is 41.1 Å². The Balaban J connectivity index is 2.03. The Bertz CT molecular complexity index is 870. The summed E-state index contributed by atoms with van der Waals surface area (Å²) in [6, 6.07) is 15.3. The molecule has 1 fully saturated rings. The molecule has 1 aliphatic rings. The fraction of sp³-hybridized carbons (Fsp3) is 0.320. The van der Waals surface area contributed by atoms with Crippen molar-refractivity contribution in [2.45, 2.75) is 40.0 Å². The topological polar surface area (TPSA) is 17.1 Å². The highest BCUT2D eigenvalue weighted by Gasteiger charge is 2.36. The zero-order valence-corrected chi connectivity index (χ0v) is 18.1. The van der Waals surface area contributed by atoms with Crippen LogP contribution in [-0.2, 0) is 4.79 Å². The second-order valence-corrected chi connectivity index (χ2v) is 9.10. The Labute approximate surface area is 178 Å². The maximum absolute atomic E-state index is 13.3. The van der Waals surface area contributed by atoms with E-state index >= 15 is 0 Å². The summed E-state index contributed by atoms with van der Waals surface area (Å²) in [4.78, 5) is 13.3. The standard InChI is InChI=1S/C25H26Cl2O/c1-4-25(2,3)21-15-19(11-17-7-5-9-22(26)13-17)24(28)20(16-21)12-18-8-6-10-23(27)14-18/h5-14,21H,4,15-16H2,1-3H3/b19-11+,20-12+. The van der Waals surface area contributed by atoms with Gasteiger partial charge >= 0.3 is 0 Å². The van der Waals surface area contributed by atoms with Crippen LogP contribution in [0.4, 0.5) is 0 Å². The molecule has 0 heterocycles. The lowest BCUT2D eigenvalue weighted by atomic mass is 9.66. The van der Waals surface area contributed by atoms with Crippen LogP contribution in [0.25, 0.3) is 12.2 Å². The molecule has 3 rings (SSSR count). The molecule has 146 valence electrons. The smallest absolute Gasteiger partial charge is 0.185 e. The summed E-state index contributed by atoms with van der Waals surface area (Å²) < 4.78 is 0. The zero-order chi connectivity index (χ0) is 20.3. The van der Waals surface area contributed by atoms with Gasteiger partial charge in [0.15, 0.2) is 5.78 Å². The highest BCUT2D eigenvalue weighted by atomic mass is 35.5. The van der Waals surface area contributed by atoms with Crippen LogP contribution in [0.3, 0.4) is 0 Å². The Morgan fingerprint density at radius 2 is 1.39 bits per heavy atom. The number of Topliss-reactive ketones (excluding diaryl/α,β-unsaturated/α-hetero) is 1. The number of halogens is 2. The summed E-state index contributed by atoms with van der Waals surface area (Å²) in [5.41, 5.74) is 3.80. The average molecular weight is 413 g/mol. The number of allylic oxidation sites excluding steroid dienone is 2. The molecule has 0 unspecified atom stereocenters. The molecule has 0 aromatic heterocycles. The summed E-state index contributed by atoms with van der Waals surface area (Å²) in [5, 5.41) is 1.36. The minimum absolute atomic E-state index is 0.128. The number of carbonyl (C=O) groups is 1. The Kier molecular flexibility index (Phi) is 6.47. The molecule has 1 saturated carbocycles. The van der Waals surface area contributed by atoms with E-state index in [4.69, 9.17) is 23.2 Å². The Morgan fingerprint density at radius 3 is 1.79 bits per heavy atom. The van der Waals surface area contributed by atoms with Gasteiger partial charge in [-0.1, -0.05) is 74.7 Å². The van der Waals surface area contributed by atoms with E-state index in [0.717, 1.165) is 41.5 Å². The second kappa shape index (κ2) is 8.68. The number of benzene rings is 2.